The van der Waals surface area contributed by atoms with Gasteiger partial charge >= 0.3 is 0 Å². The minimum Gasteiger partial charge on any atom is -0.492 e. The van der Waals surface area contributed by atoms with Gasteiger partial charge in [-0.15, -0.1) is 10.2 Å². The number of para-hydroxylation sites is 2. The molecule has 1 N–H and O–H groups in total. The smallest absolute Gasteiger partial charge is 0.210 e. The molecule has 26 heavy (non-hydrogen) atoms. The monoisotopic (exact) mass is 385 g/mol. The number of nitrogens with one attached hydrogen (secondary N) is 1. The zero-order valence-corrected chi connectivity index (χ0v) is 16.1. The van der Waals surface area contributed by atoms with E-state index in [0.717, 1.165) is 15.8 Å². The quantitative estimate of drug-likeness (QED) is 0.433. The summed E-state index contributed by atoms with van der Waals surface area (Å²) in [5.74, 6) is 0.856. The number of ether oxygens (including phenoxy) is 1. The van der Waals surface area contributed by atoms with Crippen molar-refractivity contribution >= 4 is 39.7 Å². The number of hydrogen-bond acceptors (Lipinski definition) is 7. The summed E-state index contributed by atoms with van der Waals surface area (Å²) in [5.41, 5.74) is 1.55. The molecule has 3 aromatic rings. The molecule has 0 saturated heterocycles. The fourth-order valence-electron chi connectivity index (χ4n) is 2.32. The molecular weight excluding hydrogens is 366 g/mol. The predicted molar refractivity (Wildman–Crippen MR) is 107 cm³/mol. The van der Waals surface area contributed by atoms with Crippen LogP contribution in [0.3, 0.4) is 0 Å². The number of ketones is 1. The largest absolute Gasteiger partial charge is 0.492 e. The number of nitrogens with zero attached hydrogens (tertiary/aromatic N) is 2. The third-order valence-electron chi connectivity index (χ3n) is 3.54. The Morgan fingerprint density at radius 1 is 1.15 bits per heavy atom. The van der Waals surface area contributed by atoms with E-state index in [4.69, 9.17) is 4.74 Å². The minimum atomic E-state index is -0.228. The molecule has 0 fully saturated rings. The molecule has 1 heterocycles. The highest BCUT2D eigenvalue weighted by Gasteiger charge is 2.18. The molecule has 5 nitrogen and oxygen atoms in total. The molecule has 0 radical (unpaired) electrons. The Balaban J connectivity index is 1.66. The summed E-state index contributed by atoms with van der Waals surface area (Å²) >= 11 is 2.83. The number of anilines is 2. The highest BCUT2D eigenvalue weighted by Crippen LogP contribution is 2.33. The number of carbonyl (C=O) groups excluding carboxylic acids is 1. The van der Waals surface area contributed by atoms with Gasteiger partial charge in [-0.3, -0.25) is 4.79 Å². The van der Waals surface area contributed by atoms with Crippen LogP contribution in [0.15, 0.2) is 58.9 Å². The third kappa shape index (κ3) is 4.62. The number of Topliss-reactive ketones (excluding diaryl/α,β-unsaturated/α-hetero) is 1. The molecule has 0 aliphatic rings. The molecule has 0 unspecified atom stereocenters. The van der Waals surface area contributed by atoms with Gasteiger partial charge in [0.25, 0.3) is 0 Å². The number of aromatic nitrogens is 2. The summed E-state index contributed by atoms with van der Waals surface area (Å²) in [7, 11) is 0. The number of thioether (sulfide) groups is 1. The lowest BCUT2D eigenvalue weighted by Gasteiger charge is -2.09. The first-order valence-corrected chi connectivity index (χ1v) is 9.95. The Hall–Kier alpha value is -2.38. The second kappa shape index (κ2) is 8.82. The van der Waals surface area contributed by atoms with Crippen molar-refractivity contribution in [3.05, 3.63) is 60.2 Å². The fourth-order valence-corrected chi connectivity index (χ4v) is 4.30. The molecule has 0 spiro atoms. The van der Waals surface area contributed by atoms with Crippen molar-refractivity contribution in [2.45, 2.75) is 23.4 Å². The molecule has 0 amide bonds. The molecule has 0 aliphatic carbocycles. The predicted octanol–water partition coefficient (Wildman–Crippen LogP) is 5.04. The fraction of sp³-hybridized carbons (Fsp3) is 0.211. The molecule has 2 aromatic carbocycles. The molecule has 0 saturated carbocycles. The number of carbonyl (C=O) groups is 1. The van der Waals surface area contributed by atoms with Gasteiger partial charge in [-0.2, -0.15) is 0 Å². The number of benzene rings is 2. The van der Waals surface area contributed by atoms with Crippen molar-refractivity contribution in [3.63, 3.8) is 0 Å². The Bertz CT molecular complexity index is 868. The van der Waals surface area contributed by atoms with Crippen LogP contribution in [-0.4, -0.2) is 27.8 Å². The van der Waals surface area contributed by atoms with Crippen LogP contribution in [0, 0.1) is 0 Å². The Morgan fingerprint density at radius 2 is 1.88 bits per heavy atom. The summed E-state index contributed by atoms with van der Waals surface area (Å²) in [6.45, 7) is 4.43. The van der Waals surface area contributed by atoms with E-state index in [1.54, 1.807) is 0 Å². The standard InChI is InChI=1S/C19H19N3O2S2/c1-3-24-16-12-8-7-11-15(16)20-18-21-22-19(26-18)25-13(2)17(23)14-9-5-4-6-10-14/h4-13H,3H2,1-2H3,(H,20,21)/t13-/m0/s1. The van der Waals surface area contributed by atoms with Crippen molar-refractivity contribution in [1.82, 2.24) is 10.2 Å². The second-order valence-electron chi connectivity index (χ2n) is 5.42. The van der Waals surface area contributed by atoms with Gasteiger partial charge < -0.3 is 10.1 Å². The van der Waals surface area contributed by atoms with E-state index < -0.39 is 0 Å². The summed E-state index contributed by atoms with van der Waals surface area (Å²) in [5, 5.41) is 12.0. The lowest BCUT2D eigenvalue weighted by Crippen LogP contribution is -2.13. The van der Waals surface area contributed by atoms with Crippen molar-refractivity contribution in [1.29, 1.82) is 0 Å². The molecule has 0 aliphatic heterocycles. The van der Waals surface area contributed by atoms with Crippen LogP contribution in [0.1, 0.15) is 24.2 Å². The van der Waals surface area contributed by atoms with Crippen molar-refractivity contribution in [2.75, 3.05) is 11.9 Å². The van der Waals surface area contributed by atoms with E-state index in [2.05, 4.69) is 15.5 Å². The molecule has 1 atom stereocenters. The maximum absolute atomic E-state index is 12.5. The first-order valence-electron chi connectivity index (χ1n) is 8.25. The van der Waals surface area contributed by atoms with E-state index in [9.17, 15) is 4.79 Å². The first-order chi connectivity index (χ1) is 12.7. The summed E-state index contributed by atoms with van der Waals surface area (Å²) in [6.07, 6.45) is 0. The molecular formula is C19H19N3O2S2. The lowest BCUT2D eigenvalue weighted by molar-refractivity contribution is 0.0994. The van der Waals surface area contributed by atoms with Crippen LogP contribution in [0.25, 0.3) is 0 Å². The van der Waals surface area contributed by atoms with E-state index in [1.165, 1.54) is 23.1 Å². The average Bonchev–Trinajstić information content (AvgIpc) is 3.10. The van der Waals surface area contributed by atoms with E-state index >= 15 is 0 Å². The normalized spacial score (nSPS) is 11.8. The van der Waals surface area contributed by atoms with E-state index in [-0.39, 0.29) is 11.0 Å². The highest BCUT2D eigenvalue weighted by molar-refractivity contribution is 8.02. The Morgan fingerprint density at radius 3 is 2.65 bits per heavy atom. The van der Waals surface area contributed by atoms with Gasteiger partial charge in [0.1, 0.15) is 5.75 Å². The lowest BCUT2D eigenvalue weighted by atomic mass is 10.1. The van der Waals surface area contributed by atoms with Gasteiger partial charge in [0.15, 0.2) is 10.1 Å². The van der Waals surface area contributed by atoms with Crippen molar-refractivity contribution in [2.24, 2.45) is 0 Å². The van der Waals surface area contributed by atoms with Crippen LogP contribution < -0.4 is 10.1 Å². The molecule has 134 valence electrons. The van der Waals surface area contributed by atoms with Gasteiger partial charge in [0, 0.05) is 5.56 Å². The molecule has 7 heteroatoms. The van der Waals surface area contributed by atoms with Crippen molar-refractivity contribution < 1.29 is 9.53 Å². The van der Waals surface area contributed by atoms with Gasteiger partial charge in [0.2, 0.25) is 5.13 Å². The summed E-state index contributed by atoms with van der Waals surface area (Å²) in [6, 6.07) is 17.0. The topological polar surface area (TPSA) is 64.1 Å². The van der Waals surface area contributed by atoms with E-state index in [1.807, 2.05) is 68.4 Å². The van der Waals surface area contributed by atoms with E-state index in [0.29, 0.717) is 17.3 Å². The Labute approximate surface area is 160 Å². The summed E-state index contributed by atoms with van der Waals surface area (Å²) in [4.78, 5) is 12.5. The van der Waals surface area contributed by atoms with Crippen LogP contribution >= 0.6 is 23.1 Å². The molecule has 0 bridgehead atoms. The number of rotatable bonds is 8. The summed E-state index contributed by atoms with van der Waals surface area (Å²) < 4.78 is 6.35. The van der Waals surface area contributed by atoms with Crippen LogP contribution in [0.4, 0.5) is 10.8 Å². The highest BCUT2D eigenvalue weighted by atomic mass is 32.2. The van der Waals surface area contributed by atoms with Gasteiger partial charge in [0.05, 0.1) is 17.5 Å². The maximum atomic E-state index is 12.5. The molecule has 3 rings (SSSR count). The van der Waals surface area contributed by atoms with Crippen LogP contribution in [0.2, 0.25) is 0 Å². The SMILES string of the molecule is CCOc1ccccc1Nc1nnc(S[C@@H](C)C(=O)c2ccccc2)s1. The first kappa shape index (κ1) is 18.4. The van der Waals surface area contributed by atoms with Gasteiger partial charge in [-0.1, -0.05) is 65.6 Å². The second-order valence-corrected chi connectivity index (χ2v) is 7.98. The van der Waals surface area contributed by atoms with Crippen LogP contribution in [0.5, 0.6) is 5.75 Å². The van der Waals surface area contributed by atoms with Gasteiger partial charge in [-0.25, -0.2) is 0 Å². The van der Waals surface area contributed by atoms with Gasteiger partial charge in [-0.05, 0) is 26.0 Å². The zero-order valence-electron chi connectivity index (χ0n) is 14.5. The number of hydrogen-bond donors (Lipinski definition) is 1. The minimum absolute atomic E-state index is 0.0852. The van der Waals surface area contributed by atoms with Crippen molar-refractivity contribution in [3.8, 4) is 5.75 Å². The van der Waals surface area contributed by atoms with Crippen LogP contribution in [-0.2, 0) is 0 Å². The Kier molecular flexibility index (Phi) is 6.25. The molecule has 1 aromatic heterocycles. The average molecular weight is 386 g/mol. The third-order valence-corrected chi connectivity index (χ3v) is 5.56. The maximum Gasteiger partial charge on any atom is 0.210 e. The zero-order chi connectivity index (χ0) is 18.4.